The molecule has 44 heavy (non-hydrogen) atoms. The summed E-state index contributed by atoms with van der Waals surface area (Å²) in [4.78, 5) is 30.0. The average Bonchev–Trinajstić information content (AvgIpc) is 3.80. The number of carbonyl (C=O) groups is 2. The van der Waals surface area contributed by atoms with E-state index in [4.69, 9.17) is 19.3 Å². The second-order valence-corrected chi connectivity index (χ2v) is 10.1. The van der Waals surface area contributed by atoms with Crippen molar-refractivity contribution in [2.24, 2.45) is 0 Å². The summed E-state index contributed by atoms with van der Waals surface area (Å²) in [5.41, 5.74) is 0.0601. The second-order valence-electron chi connectivity index (χ2n) is 10.1. The number of halogens is 4. The van der Waals surface area contributed by atoms with Gasteiger partial charge in [-0.1, -0.05) is 0 Å². The van der Waals surface area contributed by atoms with Crippen molar-refractivity contribution < 1.29 is 46.5 Å². The summed E-state index contributed by atoms with van der Waals surface area (Å²) in [6.45, 7) is 0.683. The van der Waals surface area contributed by atoms with Crippen LogP contribution in [-0.2, 0) is 11.2 Å². The molecule has 0 saturated heterocycles. The molecule has 9 nitrogen and oxygen atoms in total. The van der Waals surface area contributed by atoms with Crippen LogP contribution in [0.25, 0.3) is 11.3 Å². The lowest BCUT2D eigenvalue weighted by Crippen LogP contribution is -2.36. The lowest BCUT2D eigenvalue weighted by Gasteiger charge is -2.23. The summed E-state index contributed by atoms with van der Waals surface area (Å²) in [5, 5.41) is 14.1. The maximum absolute atomic E-state index is 14.6. The molecular formula is C31H33F4N3O6. The Kier molecular flexibility index (Phi) is 10.6. The third-order valence-corrected chi connectivity index (χ3v) is 6.76. The molecule has 1 aliphatic carbocycles. The number of nitrogens with one attached hydrogen (secondary N) is 2. The van der Waals surface area contributed by atoms with Crippen LogP contribution in [0, 0.1) is 5.82 Å². The normalized spacial score (nSPS) is 13.6. The smallest absolute Gasteiger partial charge is 0.398 e. The Labute approximate surface area is 251 Å². The van der Waals surface area contributed by atoms with Gasteiger partial charge < -0.3 is 30.0 Å². The first-order valence-corrected chi connectivity index (χ1v) is 14.0. The highest BCUT2D eigenvalue weighted by molar-refractivity contribution is 5.95. The Morgan fingerprint density at radius 2 is 1.80 bits per heavy atom. The number of benzene rings is 2. The zero-order chi connectivity index (χ0) is 31.9. The van der Waals surface area contributed by atoms with Crippen LogP contribution >= 0.6 is 0 Å². The number of aliphatic hydroxyl groups excluding tert-OH is 1. The summed E-state index contributed by atoms with van der Waals surface area (Å²) in [6.07, 6.45) is -3.46. The van der Waals surface area contributed by atoms with E-state index < -0.39 is 36.1 Å². The van der Waals surface area contributed by atoms with Crippen molar-refractivity contribution in [3.8, 4) is 28.5 Å². The number of hydrogen-bond acceptors (Lipinski definition) is 7. The molecule has 13 heteroatoms. The van der Waals surface area contributed by atoms with Gasteiger partial charge >= 0.3 is 6.18 Å². The Balaban J connectivity index is 1.69. The minimum atomic E-state index is -4.85. The molecular weight excluding hydrogens is 586 g/mol. The van der Waals surface area contributed by atoms with Gasteiger partial charge in [0.05, 0.1) is 32.4 Å². The monoisotopic (exact) mass is 619 g/mol. The first kappa shape index (κ1) is 32.5. The number of pyridine rings is 1. The molecule has 0 aliphatic heterocycles. The van der Waals surface area contributed by atoms with Crippen molar-refractivity contribution in [3.05, 3.63) is 71.2 Å². The van der Waals surface area contributed by atoms with Crippen molar-refractivity contribution >= 4 is 11.8 Å². The summed E-state index contributed by atoms with van der Waals surface area (Å²) < 4.78 is 73.7. The van der Waals surface area contributed by atoms with Gasteiger partial charge in [0.1, 0.15) is 29.8 Å². The molecule has 2 amide bonds. The molecule has 0 radical (unpaired) electrons. The van der Waals surface area contributed by atoms with E-state index in [0.29, 0.717) is 5.56 Å². The van der Waals surface area contributed by atoms with E-state index in [1.807, 2.05) is 0 Å². The summed E-state index contributed by atoms with van der Waals surface area (Å²) >= 11 is 0. The molecule has 4 rings (SSSR count). The number of hydrogen-bond donors (Lipinski definition) is 3. The maximum Gasteiger partial charge on any atom is 0.398 e. The fourth-order valence-corrected chi connectivity index (χ4v) is 4.47. The van der Waals surface area contributed by atoms with Crippen molar-refractivity contribution in [1.29, 1.82) is 0 Å². The van der Waals surface area contributed by atoms with Crippen LogP contribution in [0.3, 0.4) is 0 Å². The Hall–Kier alpha value is -4.39. The van der Waals surface area contributed by atoms with E-state index in [2.05, 4.69) is 15.6 Å². The second kappa shape index (κ2) is 14.4. The summed E-state index contributed by atoms with van der Waals surface area (Å²) in [5.74, 6) is -3.48. The summed E-state index contributed by atoms with van der Waals surface area (Å²) in [7, 11) is 1.33. The van der Waals surface area contributed by atoms with Gasteiger partial charge in [-0.2, -0.15) is 13.2 Å². The first-order valence-electron chi connectivity index (χ1n) is 14.0. The fourth-order valence-electron chi connectivity index (χ4n) is 4.47. The molecule has 0 unspecified atom stereocenters. The van der Waals surface area contributed by atoms with Crippen molar-refractivity contribution in [1.82, 2.24) is 15.6 Å². The van der Waals surface area contributed by atoms with Crippen LogP contribution < -0.4 is 24.8 Å². The van der Waals surface area contributed by atoms with Gasteiger partial charge in [0.2, 0.25) is 5.91 Å². The van der Waals surface area contributed by atoms with Crippen LogP contribution in [0.4, 0.5) is 17.6 Å². The lowest BCUT2D eigenvalue weighted by atomic mass is 9.97. The third-order valence-electron chi connectivity index (χ3n) is 6.76. The highest BCUT2D eigenvalue weighted by Crippen LogP contribution is 2.39. The molecule has 3 N–H and O–H groups in total. The van der Waals surface area contributed by atoms with E-state index in [0.717, 1.165) is 25.0 Å². The molecule has 1 fully saturated rings. The maximum atomic E-state index is 14.6. The zero-order valence-corrected chi connectivity index (χ0v) is 24.2. The molecule has 0 spiro atoms. The molecule has 1 aromatic heterocycles. The van der Waals surface area contributed by atoms with E-state index in [1.165, 1.54) is 43.5 Å². The number of amides is 2. The fraction of sp³-hybridized carbons (Fsp3) is 0.387. The van der Waals surface area contributed by atoms with E-state index >= 15 is 0 Å². The molecule has 2 aromatic carbocycles. The van der Waals surface area contributed by atoms with E-state index in [9.17, 15) is 27.2 Å². The number of alkyl halides is 3. The minimum Gasteiger partial charge on any atom is -0.493 e. The molecule has 236 valence electrons. The SMILES string of the molecule is CCOc1c(CC(=O)NC2CC2)cc([C@@H](CNC(=O)c2ccc(OCCO)c(OC)c2)C(F)(F)F)nc1-c1ccc(F)cc1. The molecule has 1 aliphatic rings. The first-order chi connectivity index (χ1) is 21.0. The summed E-state index contributed by atoms with van der Waals surface area (Å²) in [6, 6.07) is 10.3. The Morgan fingerprint density at radius 1 is 1.07 bits per heavy atom. The van der Waals surface area contributed by atoms with E-state index in [-0.39, 0.29) is 72.3 Å². The van der Waals surface area contributed by atoms with Gasteiger partial charge in [-0.25, -0.2) is 9.37 Å². The quantitative estimate of drug-likeness (QED) is 0.227. The van der Waals surface area contributed by atoms with Crippen LogP contribution in [-0.4, -0.2) is 67.6 Å². The molecule has 1 atom stereocenters. The average molecular weight is 620 g/mol. The Morgan fingerprint density at radius 3 is 2.41 bits per heavy atom. The standard InChI is InChI=1S/C31H33F4N3O6/c1-3-43-29-20(16-27(40)37-22-9-10-22)14-24(38-28(29)18-4-7-21(32)8-5-18)23(31(33,34)35)17-36-30(41)19-6-11-25(44-13-12-39)26(15-19)42-2/h4-8,11,14-15,22-23,39H,3,9-10,12-13,16-17H2,1-2H3,(H,36,41)(H,37,40)/t23-/m1/s1. The molecule has 1 saturated carbocycles. The van der Waals surface area contributed by atoms with Gasteiger partial charge in [-0.05, 0) is 68.3 Å². The number of methoxy groups -OCH3 is 1. The number of ether oxygens (including phenoxy) is 3. The van der Waals surface area contributed by atoms with Crippen molar-refractivity contribution in [3.63, 3.8) is 0 Å². The lowest BCUT2D eigenvalue weighted by molar-refractivity contribution is -0.149. The van der Waals surface area contributed by atoms with Crippen LogP contribution in [0.5, 0.6) is 17.2 Å². The molecule has 0 bridgehead atoms. The number of nitrogens with zero attached hydrogens (tertiary/aromatic N) is 1. The zero-order valence-electron chi connectivity index (χ0n) is 24.2. The Bertz CT molecular complexity index is 1460. The molecule has 3 aromatic rings. The van der Waals surface area contributed by atoms with Crippen LogP contribution in [0.2, 0.25) is 0 Å². The number of carbonyl (C=O) groups excluding carboxylic acids is 2. The van der Waals surface area contributed by atoms with Crippen molar-refractivity contribution in [2.75, 3.05) is 33.5 Å². The topological polar surface area (TPSA) is 119 Å². The van der Waals surface area contributed by atoms with Gasteiger partial charge in [-0.15, -0.1) is 0 Å². The minimum absolute atomic E-state index is 0.0161. The van der Waals surface area contributed by atoms with Crippen molar-refractivity contribution in [2.45, 2.75) is 44.3 Å². The third kappa shape index (κ3) is 8.37. The predicted octanol–water partition coefficient (Wildman–Crippen LogP) is 4.56. The van der Waals surface area contributed by atoms with Crippen LogP contribution in [0.1, 0.15) is 47.3 Å². The highest BCUT2D eigenvalue weighted by atomic mass is 19.4. The molecule has 1 heterocycles. The number of aromatic nitrogens is 1. The van der Waals surface area contributed by atoms with Gasteiger partial charge in [0, 0.05) is 29.3 Å². The van der Waals surface area contributed by atoms with Gasteiger partial charge in [0.15, 0.2) is 11.5 Å². The van der Waals surface area contributed by atoms with E-state index in [1.54, 1.807) is 6.92 Å². The number of rotatable bonds is 14. The van der Waals surface area contributed by atoms with Gasteiger partial charge in [-0.3, -0.25) is 9.59 Å². The largest absolute Gasteiger partial charge is 0.493 e. The van der Waals surface area contributed by atoms with Gasteiger partial charge in [0.25, 0.3) is 5.91 Å². The van der Waals surface area contributed by atoms with Crippen LogP contribution in [0.15, 0.2) is 48.5 Å². The number of aliphatic hydroxyl groups is 1. The predicted molar refractivity (Wildman–Crippen MR) is 152 cm³/mol. The highest BCUT2D eigenvalue weighted by Gasteiger charge is 2.43.